The SMILES string of the molecule is COc1ccccc1NC(=O)C1=C(C)Nc2nc(-c3cccc([N+](=O)[O-])c3)nn2C1c1cc(OC)c(OC)c(OC)c1. The number of carbonyl (C=O) groups excluding carboxylic acids is 1. The number of anilines is 2. The van der Waals surface area contributed by atoms with Crippen LogP contribution in [0.1, 0.15) is 18.5 Å². The zero-order chi connectivity index (χ0) is 30.0. The number of hydrogen-bond acceptors (Lipinski definition) is 10. The first-order chi connectivity index (χ1) is 20.3. The fourth-order valence-electron chi connectivity index (χ4n) is 4.83. The quantitative estimate of drug-likeness (QED) is 0.211. The van der Waals surface area contributed by atoms with Crippen LogP contribution >= 0.6 is 0 Å². The summed E-state index contributed by atoms with van der Waals surface area (Å²) in [7, 11) is 6.03. The molecule has 42 heavy (non-hydrogen) atoms. The highest BCUT2D eigenvalue weighted by atomic mass is 16.6. The molecule has 0 saturated heterocycles. The van der Waals surface area contributed by atoms with Crippen molar-refractivity contribution in [3.05, 3.63) is 87.6 Å². The number of carbonyl (C=O) groups is 1. The van der Waals surface area contributed by atoms with Gasteiger partial charge in [0.2, 0.25) is 11.7 Å². The van der Waals surface area contributed by atoms with Crippen LogP contribution in [0.2, 0.25) is 0 Å². The third-order valence-electron chi connectivity index (χ3n) is 6.77. The van der Waals surface area contributed by atoms with Gasteiger partial charge in [0, 0.05) is 23.4 Å². The van der Waals surface area contributed by atoms with Gasteiger partial charge in [0.15, 0.2) is 17.3 Å². The van der Waals surface area contributed by atoms with Crippen molar-refractivity contribution < 1.29 is 28.7 Å². The minimum atomic E-state index is -0.815. The van der Waals surface area contributed by atoms with Gasteiger partial charge in [0.05, 0.1) is 44.6 Å². The topological polar surface area (TPSA) is 152 Å². The zero-order valence-electron chi connectivity index (χ0n) is 23.5. The molecule has 1 aliphatic rings. The molecule has 0 fully saturated rings. The summed E-state index contributed by atoms with van der Waals surface area (Å²) in [5, 5.41) is 22.2. The minimum absolute atomic E-state index is 0.0967. The molecule has 13 heteroatoms. The maximum Gasteiger partial charge on any atom is 0.270 e. The predicted octanol–water partition coefficient (Wildman–Crippen LogP) is 4.82. The molecule has 216 valence electrons. The van der Waals surface area contributed by atoms with Crippen LogP contribution in [0.15, 0.2) is 71.9 Å². The Morgan fingerprint density at radius 2 is 1.64 bits per heavy atom. The van der Waals surface area contributed by atoms with Crippen LogP contribution in [0.25, 0.3) is 11.4 Å². The third-order valence-corrected chi connectivity index (χ3v) is 6.77. The number of para-hydroxylation sites is 2. The molecular formula is C29H28N6O7. The Kier molecular flexibility index (Phi) is 7.65. The van der Waals surface area contributed by atoms with E-state index in [0.29, 0.717) is 57.0 Å². The van der Waals surface area contributed by atoms with Gasteiger partial charge < -0.3 is 29.6 Å². The van der Waals surface area contributed by atoms with E-state index in [9.17, 15) is 14.9 Å². The van der Waals surface area contributed by atoms with Gasteiger partial charge in [-0.2, -0.15) is 4.98 Å². The minimum Gasteiger partial charge on any atom is -0.495 e. The van der Waals surface area contributed by atoms with Crippen LogP contribution < -0.4 is 29.6 Å². The van der Waals surface area contributed by atoms with E-state index in [4.69, 9.17) is 24.0 Å². The Balaban J connectivity index is 1.68. The van der Waals surface area contributed by atoms with Crippen molar-refractivity contribution >= 4 is 23.2 Å². The molecule has 2 N–H and O–H groups in total. The second-order valence-corrected chi connectivity index (χ2v) is 9.19. The highest BCUT2D eigenvalue weighted by Gasteiger charge is 2.36. The summed E-state index contributed by atoms with van der Waals surface area (Å²) >= 11 is 0. The molecule has 0 spiro atoms. The van der Waals surface area contributed by atoms with Crippen LogP contribution in [0.4, 0.5) is 17.3 Å². The van der Waals surface area contributed by atoms with Crippen molar-refractivity contribution in [3.8, 4) is 34.4 Å². The van der Waals surface area contributed by atoms with Gasteiger partial charge in [-0.3, -0.25) is 14.9 Å². The number of non-ortho nitro benzene ring substituents is 1. The molecule has 4 aromatic rings. The number of nitrogens with one attached hydrogen (secondary N) is 2. The van der Waals surface area contributed by atoms with E-state index in [1.165, 1.54) is 40.6 Å². The summed E-state index contributed by atoms with van der Waals surface area (Å²) in [5.74, 6) is 1.79. The number of nitro benzene ring substituents is 1. The maximum absolute atomic E-state index is 14.0. The van der Waals surface area contributed by atoms with Crippen LogP contribution in [-0.4, -0.2) is 54.0 Å². The Bertz CT molecular complexity index is 1690. The summed E-state index contributed by atoms with van der Waals surface area (Å²) in [6, 6.07) is 15.8. The summed E-state index contributed by atoms with van der Waals surface area (Å²) in [6.07, 6.45) is 0. The molecule has 1 amide bonds. The lowest BCUT2D eigenvalue weighted by atomic mass is 9.94. The third kappa shape index (κ3) is 5.03. The van der Waals surface area contributed by atoms with E-state index >= 15 is 0 Å². The number of hydrogen-bond donors (Lipinski definition) is 2. The highest BCUT2D eigenvalue weighted by molar-refractivity contribution is 6.06. The number of methoxy groups -OCH3 is 4. The fraction of sp³-hybridized carbons (Fsp3) is 0.207. The van der Waals surface area contributed by atoms with Gasteiger partial charge in [-0.1, -0.05) is 24.3 Å². The first-order valence-corrected chi connectivity index (χ1v) is 12.7. The second-order valence-electron chi connectivity index (χ2n) is 9.19. The number of fused-ring (bicyclic) bond motifs is 1. The molecule has 3 aromatic carbocycles. The molecule has 1 aliphatic heterocycles. The molecule has 2 heterocycles. The van der Waals surface area contributed by atoms with Crippen molar-refractivity contribution in [2.45, 2.75) is 13.0 Å². The fourth-order valence-corrected chi connectivity index (χ4v) is 4.83. The normalized spacial score (nSPS) is 14.0. The molecule has 0 saturated carbocycles. The number of nitro groups is 1. The van der Waals surface area contributed by atoms with E-state index < -0.39 is 16.9 Å². The molecule has 1 unspecified atom stereocenters. The van der Waals surface area contributed by atoms with Crippen LogP contribution in [0, 0.1) is 10.1 Å². The van der Waals surface area contributed by atoms with E-state index in [0.717, 1.165) is 0 Å². The molecule has 13 nitrogen and oxygen atoms in total. The van der Waals surface area contributed by atoms with Crippen molar-refractivity contribution in [2.24, 2.45) is 0 Å². The molecule has 0 radical (unpaired) electrons. The van der Waals surface area contributed by atoms with Gasteiger partial charge in [-0.25, -0.2) is 4.68 Å². The lowest BCUT2D eigenvalue weighted by Gasteiger charge is -2.29. The van der Waals surface area contributed by atoms with E-state index in [-0.39, 0.29) is 11.5 Å². The Labute approximate surface area is 240 Å². The molecular weight excluding hydrogens is 544 g/mol. The van der Waals surface area contributed by atoms with Crippen LogP contribution in [-0.2, 0) is 4.79 Å². The Hall–Kier alpha value is -5.59. The molecule has 1 atom stereocenters. The number of allylic oxidation sites excluding steroid dienone is 1. The number of aromatic nitrogens is 3. The Morgan fingerprint density at radius 3 is 2.29 bits per heavy atom. The van der Waals surface area contributed by atoms with Crippen molar-refractivity contribution in [1.82, 2.24) is 14.8 Å². The Morgan fingerprint density at radius 1 is 0.952 bits per heavy atom. The van der Waals surface area contributed by atoms with Crippen LogP contribution in [0.3, 0.4) is 0 Å². The molecule has 5 rings (SSSR count). The van der Waals surface area contributed by atoms with Gasteiger partial charge in [-0.05, 0) is 36.8 Å². The number of nitrogens with zero attached hydrogens (tertiary/aromatic N) is 4. The number of amides is 1. The van der Waals surface area contributed by atoms with Crippen molar-refractivity contribution in [2.75, 3.05) is 39.1 Å². The van der Waals surface area contributed by atoms with E-state index in [1.54, 1.807) is 60.1 Å². The molecule has 1 aromatic heterocycles. The summed E-state index contributed by atoms with van der Waals surface area (Å²) in [5.41, 5.74) is 2.27. The van der Waals surface area contributed by atoms with E-state index in [1.807, 2.05) is 0 Å². The first-order valence-electron chi connectivity index (χ1n) is 12.7. The van der Waals surface area contributed by atoms with Gasteiger partial charge >= 0.3 is 0 Å². The standard InChI is InChI=1S/C29H28N6O7/c1-16-24(28(36)31-20-11-6-7-12-21(20)39-2)25(18-14-22(40-3)26(42-5)23(15-18)41-4)34-29(30-16)32-27(33-34)17-9-8-10-19(13-17)35(37)38/h6-15,25H,1-5H3,(H,31,36)(H,30,32,33). The average Bonchev–Trinajstić information content (AvgIpc) is 3.43. The second kappa shape index (κ2) is 11.5. The maximum atomic E-state index is 14.0. The number of ether oxygens (including phenoxy) is 4. The summed E-state index contributed by atoms with van der Waals surface area (Å²) in [4.78, 5) is 29.5. The largest absolute Gasteiger partial charge is 0.495 e. The predicted molar refractivity (Wildman–Crippen MR) is 154 cm³/mol. The lowest BCUT2D eigenvalue weighted by molar-refractivity contribution is -0.384. The zero-order valence-corrected chi connectivity index (χ0v) is 23.5. The number of benzene rings is 3. The summed E-state index contributed by atoms with van der Waals surface area (Å²) in [6.45, 7) is 1.76. The number of rotatable bonds is 9. The van der Waals surface area contributed by atoms with Gasteiger partial charge in [0.1, 0.15) is 11.8 Å². The summed E-state index contributed by atoms with van der Waals surface area (Å²) < 4.78 is 23.7. The van der Waals surface area contributed by atoms with Crippen molar-refractivity contribution in [3.63, 3.8) is 0 Å². The van der Waals surface area contributed by atoms with Crippen LogP contribution in [0.5, 0.6) is 23.0 Å². The monoisotopic (exact) mass is 572 g/mol. The van der Waals surface area contributed by atoms with Gasteiger partial charge in [0.25, 0.3) is 11.6 Å². The highest BCUT2D eigenvalue weighted by Crippen LogP contribution is 2.44. The van der Waals surface area contributed by atoms with E-state index in [2.05, 4.69) is 15.6 Å². The molecule has 0 bridgehead atoms. The van der Waals surface area contributed by atoms with Gasteiger partial charge in [-0.15, -0.1) is 5.10 Å². The average molecular weight is 573 g/mol. The first kappa shape index (κ1) is 28.0. The smallest absolute Gasteiger partial charge is 0.270 e. The van der Waals surface area contributed by atoms with Crippen molar-refractivity contribution in [1.29, 1.82) is 0 Å². The molecule has 0 aliphatic carbocycles. The lowest BCUT2D eigenvalue weighted by Crippen LogP contribution is -2.31.